The van der Waals surface area contributed by atoms with Gasteiger partial charge in [-0.05, 0) is 44.5 Å². The Morgan fingerprint density at radius 3 is 2.38 bits per heavy atom. The molecule has 11 heteroatoms. The van der Waals surface area contributed by atoms with Gasteiger partial charge in [0.2, 0.25) is 5.88 Å². The molecule has 0 atom stereocenters. The highest BCUT2D eigenvalue weighted by molar-refractivity contribution is 6.44. The number of hydrogen-bond donors (Lipinski definition) is 0. The largest absolute Gasteiger partial charge is 0.456 e. The standard InChI is InChI=1S/C18H16Cl4F2N2O3/c1-18(2,3)29-16(27)12(21)6-8-5-9(11(20)7-10(8)19)14-13(22)15(26(4)25-14)28-17(23)24/h5-7,17H,1-4H3. The molecule has 0 saturated carbocycles. The Bertz CT molecular complexity index is 969. The maximum atomic E-state index is 12.6. The summed E-state index contributed by atoms with van der Waals surface area (Å²) in [5.74, 6) is -1.07. The fraction of sp³-hybridized carbons (Fsp3) is 0.333. The minimum Gasteiger partial charge on any atom is -0.456 e. The lowest BCUT2D eigenvalue weighted by Gasteiger charge is -2.19. The average Bonchev–Trinajstić information content (AvgIpc) is 2.83. The van der Waals surface area contributed by atoms with Crippen molar-refractivity contribution in [3.05, 3.63) is 37.8 Å². The van der Waals surface area contributed by atoms with Crippen molar-refractivity contribution in [2.75, 3.05) is 0 Å². The fourth-order valence-electron chi connectivity index (χ4n) is 2.25. The summed E-state index contributed by atoms with van der Waals surface area (Å²) >= 11 is 24.6. The molecular weight excluding hydrogens is 472 g/mol. The molecular formula is C18H16Cl4F2N2O3. The number of ether oxygens (including phenoxy) is 2. The van der Waals surface area contributed by atoms with E-state index in [-0.39, 0.29) is 37.2 Å². The zero-order chi connectivity index (χ0) is 22.1. The molecule has 0 spiro atoms. The van der Waals surface area contributed by atoms with Crippen molar-refractivity contribution in [1.82, 2.24) is 9.78 Å². The second-order valence-corrected chi connectivity index (χ2v) is 8.42. The van der Waals surface area contributed by atoms with Crippen LogP contribution in [0.1, 0.15) is 26.3 Å². The first kappa shape index (κ1) is 23.7. The van der Waals surface area contributed by atoms with E-state index in [1.54, 1.807) is 20.8 Å². The van der Waals surface area contributed by atoms with Gasteiger partial charge in [-0.1, -0.05) is 46.4 Å². The maximum Gasteiger partial charge on any atom is 0.388 e. The van der Waals surface area contributed by atoms with E-state index in [4.69, 9.17) is 51.1 Å². The fourth-order valence-corrected chi connectivity index (χ4v) is 3.24. The molecule has 0 aliphatic rings. The van der Waals surface area contributed by atoms with Gasteiger partial charge in [0.05, 0.1) is 5.02 Å². The van der Waals surface area contributed by atoms with E-state index >= 15 is 0 Å². The summed E-state index contributed by atoms with van der Waals surface area (Å²) in [6.45, 7) is 2.02. The Labute approximate surface area is 186 Å². The molecule has 0 amide bonds. The van der Waals surface area contributed by atoms with Gasteiger partial charge >= 0.3 is 12.6 Å². The van der Waals surface area contributed by atoms with Crippen molar-refractivity contribution in [2.45, 2.75) is 33.0 Å². The summed E-state index contributed by atoms with van der Waals surface area (Å²) in [5, 5.41) is 4.05. The Kier molecular flexibility index (Phi) is 7.43. The van der Waals surface area contributed by atoms with Crippen LogP contribution in [0, 0.1) is 0 Å². The molecule has 0 fully saturated rings. The summed E-state index contributed by atoms with van der Waals surface area (Å²) in [4.78, 5) is 12.1. The Hall–Kier alpha value is -1.54. The van der Waals surface area contributed by atoms with Crippen LogP contribution in [0.2, 0.25) is 15.1 Å². The van der Waals surface area contributed by atoms with Gasteiger partial charge in [0.25, 0.3) is 0 Å². The molecule has 158 valence electrons. The zero-order valence-electron chi connectivity index (χ0n) is 15.7. The third-order valence-corrected chi connectivity index (χ3v) is 4.60. The van der Waals surface area contributed by atoms with Crippen LogP contribution in [0.4, 0.5) is 8.78 Å². The van der Waals surface area contributed by atoms with Crippen LogP contribution in [0.25, 0.3) is 17.3 Å². The molecule has 0 aliphatic carbocycles. The number of carbonyl (C=O) groups is 1. The first-order valence-electron chi connectivity index (χ1n) is 8.07. The molecule has 0 aliphatic heterocycles. The highest BCUT2D eigenvalue weighted by Gasteiger charge is 2.23. The molecule has 1 aromatic carbocycles. The van der Waals surface area contributed by atoms with Crippen molar-refractivity contribution in [1.29, 1.82) is 0 Å². The van der Waals surface area contributed by atoms with Crippen LogP contribution in [-0.4, -0.2) is 28.0 Å². The highest BCUT2D eigenvalue weighted by atomic mass is 35.5. The predicted molar refractivity (Wildman–Crippen MR) is 110 cm³/mol. The van der Waals surface area contributed by atoms with Crippen LogP contribution in [0.15, 0.2) is 17.2 Å². The average molecular weight is 488 g/mol. The van der Waals surface area contributed by atoms with Crippen molar-refractivity contribution in [3.63, 3.8) is 0 Å². The SMILES string of the molecule is Cn1nc(-c2cc(C=C(Cl)C(=O)OC(C)(C)C)c(Cl)cc2Cl)c(Cl)c1OC(F)F. The molecule has 0 unspecified atom stereocenters. The first-order valence-corrected chi connectivity index (χ1v) is 9.58. The van der Waals surface area contributed by atoms with Gasteiger partial charge in [-0.15, -0.1) is 0 Å². The van der Waals surface area contributed by atoms with E-state index in [9.17, 15) is 13.6 Å². The lowest BCUT2D eigenvalue weighted by Crippen LogP contribution is -2.23. The third kappa shape index (κ3) is 5.98. The molecule has 0 bridgehead atoms. The minimum absolute atomic E-state index is 0.0922. The quantitative estimate of drug-likeness (QED) is 0.353. The molecule has 2 rings (SSSR count). The monoisotopic (exact) mass is 486 g/mol. The molecule has 29 heavy (non-hydrogen) atoms. The maximum absolute atomic E-state index is 12.6. The predicted octanol–water partition coefficient (Wildman–Crippen LogP) is 6.57. The number of nitrogens with zero attached hydrogens (tertiary/aromatic N) is 2. The number of aryl methyl sites for hydroxylation is 1. The molecule has 0 saturated heterocycles. The number of hydrogen-bond acceptors (Lipinski definition) is 4. The van der Waals surface area contributed by atoms with Crippen molar-refractivity contribution in [3.8, 4) is 17.1 Å². The van der Waals surface area contributed by atoms with Gasteiger partial charge in [0.1, 0.15) is 21.3 Å². The van der Waals surface area contributed by atoms with Crippen molar-refractivity contribution >= 4 is 58.4 Å². The van der Waals surface area contributed by atoms with Crippen LogP contribution in [0.3, 0.4) is 0 Å². The zero-order valence-corrected chi connectivity index (χ0v) is 18.7. The summed E-state index contributed by atoms with van der Waals surface area (Å²) in [5.41, 5.74) is -0.0435. The van der Waals surface area contributed by atoms with Gasteiger partial charge in [-0.3, -0.25) is 0 Å². The highest BCUT2D eigenvalue weighted by Crippen LogP contribution is 2.40. The lowest BCUT2D eigenvalue weighted by atomic mass is 10.1. The first-order chi connectivity index (χ1) is 13.3. The summed E-state index contributed by atoms with van der Waals surface area (Å²) in [7, 11) is 1.39. The van der Waals surface area contributed by atoms with Crippen molar-refractivity contribution in [2.24, 2.45) is 7.05 Å². The molecule has 1 heterocycles. The van der Waals surface area contributed by atoms with Crippen LogP contribution >= 0.6 is 46.4 Å². The Morgan fingerprint density at radius 1 is 1.21 bits per heavy atom. The van der Waals surface area contributed by atoms with E-state index in [0.29, 0.717) is 5.56 Å². The normalized spacial score (nSPS) is 12.4. The van der Waals surface area contributed by atoms with Crippen LogP contribution in [-0.2, 0) is 16.6 Å². The van der Waals surface area contributed by atoms with Crippen molar-refractivity contribution < 1.29 is 23.0 Å². The molecule has 5 nitrogen and oxygen atoms in total. The topological polar surface area (TPSA) is 53.4 Å². The van der Waals surface area contributed by atoms with Gasteiger partial charge in [-0.25, -0.2) is 9.48 Å². The van der Waals surface area contributed by atoms with Crippen LogP contribution < -0.4 is 4.74 Å². The van der Waals surface area contributed by atoms with E-state index in [1.165, 1.54) is 25.3 Å². The molecule has 2 aromatic rings. The molecule has 0 N–H and O–H groups in total. The number of benzene rings is 1. The number of halogens is 6. The summed E-state index contributed by atoms with van der Waals surface area (Å²) < 4.78 is 35.8. The van der Waals surface area contributed by atoms with E-state index in [2.05, 4.69) is 9.84 Å². The summed E-state index contributed by atoms with van der Waals surface area (Å²) in [6.07, 6.45) is 1.30. The molecule has 0 radical (unpaired) electrons. The van der Waals surface area contributed by atoms with Gasteiger partial charge in [0.15, 0.2) is 0 Å². The second kappa shape index (κ2) is 9.08. The number of alkyl halides is 2. The Balaban J connectivity index is 2.50. The number of carbonyl (C=O) groups excluding carboxylic acids is 1. The number of esters is 1. The number of aromatic nitrogens is 2. The lowest BCUT2D eigenvalue weighted by molar-refractivity contribution is -0.148. The van der Waals surface area contributed by atoms with E-state index in [1.807, 2.05) is 0 Å². The van der Waals surface area contributed by atoms with E-state index < -0.39 is 18.2 Å². The summed E-state index contributed by atoms with van der Waals surface area (Å²) in [6, 6.07) is 2.86. The Morgan fingerprint density at radius 2 is 1.83 bits per heavy atom. The van der Waals surface area contributed by atoms with Gasteiger partial charge in [0, 0.05) is 17.6 Å². The van der Waals surface area contributed by atoms with E-state index in [0.717, 1.165) is 4.68 Å². The smallest absolute Gasteiger partial charge is 0.388 e. The number of rotatable bonds is 5. The van der Waals surface area contributed by atoms with Gasteiger partial charge < -0.3 is 9.47 Å². The van der Waals surface area contributed by atoms with Crippen LogP contribution in [0.5, 0.6) is 5.88 Å². The molecule has 1 aromatic heterocycles. The van der Waals surface area contributed by atoms with Gasteiger partial charge in [-0.2, -0.15) is 13.9 Å². The minimum atomic E-state index is -3.08. The third-order valence-electron chi connectivity index (χ3n) is 3.36. The second-order valence-electron chi connectivity index (χ2n) is 6.82.